The highest BCUT2D eigenvalue weighted by molar-refractivity contribution is 5.81. The number of nitrogens with zero attached hydrogens (tertiary/aromatic N) is 2. The van der Waals surface area contributed by atoms with E-state index in [0.717, 1.165) is 6.54 Å². The zero-order valence-electron chi connectivity index (χ0n) is 6.93. The van der Waals surface area contributed by atoms with E-state index in [4.69, 9.17) is 0 Å². The molecule has 0 saturated carbocycles. The number of hydrogen-bond acceptors (Lipinski definition) is 2. The van der Waals surface area contributed by atoms with Gasteiger partial charge in [-0.25, -0.2) is 0 Å². The van der Waals surface area contributed by atoms with E-state index < -0.39 is 0 Å². The van der Waals surface area contributed by atoms with Gasteiger partial charge in [0.2, 0.25) is 0 Å². The van der Waals surface area contributed by atoms with Crippen molar-refractivity contribution in [3.63, 3.8) is 0 Å². The summed E-state index contributed by atoms with van der Waals surface area (Å²) in [7, 11) is 4.15. The van der Waals surface area contributed by atoms with Crippen molar-refractivity contribution in [2.45, 2.75) is 25.7 Å². The van der Waals surface area contributed by atoms with E-state index in [1.807, 2.05) is 0 Å². The Kier molecular flexibility index (Phi) is 2.72. The van der Waals surface area contributed by atoms with Gasteiger partial charge in [-0.2, -0.15) is 0 Å². The predicted molar refractivity (Wildman–Crippen MR) is 44.5 cm³/mol. The van der Waals surface area contributed by atoms with Gasteiger partial charge in [-0.1, -0.05) is 6.42 Å². The first-order chi connectivity index (χ1) is 4.80. The van der Waals surface area contributed by atoms with Gasteiger partial charge in [0, 0.05) is 27.1 Å². The van der Waals surface area contributed by atoms with Gasteiger partial charge in [-0.15, -0.1) is 0 Å². The average Bonchev–Trinajstić information content (AvgIpc) is 2.12. The van der Waals surface area contributed by atoms with Crippen LogP contribution in [0.5, 0.6) is 0 Å². The molecule has 0 amide bonds. The Morgan fingerprint density at radius 1 is 1.20 bits per heavy atom. The van der Waals surface area contributed by atoms with Crippen LogP contribution >= 0.6 is 0 Å². The molecular weight excluding hydrogens is 124 g/mol. The molecule has 0 aromatic carbocycles. The van der Waals surface area contributed by atoms with Gasteiger partial charge in [-0.3, -0.25) is 4.99 Å². The molecule has 0 atom stereocenters. The first-order valence-electron chi connectivity index (χ1n) is 4.01. The number of hydrogen-bond donors (Lipinski definition) is 0. The quantitative estimate of drug-likeness (QED) is 0.498. The first kappa shape index (κ1) is 7.58. The van der Waals surface area contributed by atoms with Crippen molar-refractivity contribution in [3.05, 3.63) is 0 Å². The van der Waals surface area contributed by atoms with E-state index in [0.29, 0.717) is 0 Å². The summed E-state index contributed by atoms with van der Waals surface area (Å²) in [4.78, 5) is 6.60. The Balaban J connectivity index is 2.46. The summed E-state index contributed by atoms with van der Waals surface area (Å²) in [6.07, 6.45) is 5.11. The van der Waals surface area contributed by atoms with Crippen molar-refractivity contribution >= 4 is 5.84 Å². The third-order valence-electron chi connectivity index (χ3n) is 1.87. The SMILES string of the molecule is CN(C)C1=NCCCCC1. The molecule has 2 heteroatoms. The minimum atomic E-state index is 1.04. The fourth-order valence-electron chi connectivity index (χ4n) is 1.22. The van der Waals surface area contributed by atoms with Gasteiger partial charge in [0.1, 0.15) is 0 Å². The Morgan fingerprint density at radius 3 is 2.70 bits per heavy atom. The zero-order valence-corrected chi connectivity index (χ0v) is 6.93. The highest BCUT2D eigenvalue weighted by Crippen LogP contribution is 2.07. The number of aliphatic imine (C=N–C) groups is 1. The molecule has 0 unspecified atom stereocenters. The van der Waals surface area contributed by atoms with E-state index in [9.17, 15) is 0 Å². The van der Waals surface area contributed by atoms with E-state index in [1.165, 1.54) is 31.5 Å². The maximum Gasteiger partial charge on any atom is 0.0983 e. The van der Waals surface area contributed by atoms with Crippen LogP contribution in [0.15, 0.2) is 4.99 Å². The van der Waals surface area contributed by atoms with Crippen molar-refractivity contribution in [3.8, 4) is 0 Å². The molecule has 1 heterocycles. The maximum atomic E-state index is 4.47. The first-order valence-corrected chi connectivity index (χ1v) is 4.01. The third kappa shape index (κ3) is 2.01. The van der Waals surface area contributed by atoms with Crippen molar-refractivity contribution in [2.75, 3.05) is 20.6 Å². The second kappa shape index (κ2) is 3.59. The average molecular weight is 140 g/mol. The molecule has 0 N–H and O–H groups in total. The molecule has 0 spiro atoms. The van der Waals surface area contributed by atoms with E-state index in [-0.39, 0.29) is 0 Å². The van der Waals surface area contributed by atoms with E-state index in [2.05, 4.69) is 24.0 Å². The molecule has 0 fully saturated rings. The predicted octanol–water partition coefficient (Wildman–Crippen LogP) is 1.52. The lowest BCUT2D eigenvalue weighted by Gasteiger charge is -2.13. The highest BCUT2D eigenvalue weighted by Gasteiger charge is 2.04. The van der Waals surface area contributed by atoms with Gasteiger partial charge in [0.25, 0.3) is 0 Å². The van der Waals surface area contributed by atoms with Gasteiger partial charge in [0.05, 0.1) is 5.84 Å². The molecule has 0 saturated heterocycles. The van der Waals surface area contributed by atoms with Crippen LogP contribution in [0.1, 0.15) is 25.7 Å². The Labute approximate surface area is 62.9 Å². The third-order valence-corrected chi connectivity index (χ3v) is 1.87. The molecular formula is C8H16N2. The summed E-state index contributed by atoms with van der Waals surface area (Å²) in [6, 6.07) is 0. The molecule has 1 aliphatic heterocycles. The summed E-state index contributed by atoms with van der Waals surface area (Å²) >= 11 is 0. The number of amidine groups is 1. The molecule has 0 bridgehead atoms. The lowest BCUT2D eigenvalue weighted by atomic mass is 10.2. The van der Waals surface area contributed by atoms with Crippen LogP contribution in [0.25, 0.3) is 0 Å². The standard InChI is InChI=1S/C8H16N2/c1-10(2)8-6-4-3-5-7-9-8/h3-7H2,1-2H3. The Bertz CT molecular complexity index is 127. The van der Waals surface area contributed by atoms with Crippen LogP contribution in [0.2, 0.25) is 0 Å². The van der Waals surface area contributed by atoms with Crippen LogP contribution in [-0.4, -0.2) is 31.4 Å². The normalized spacial score (nSPS) is 19.6. The fraction of sp³-hybridized carbons (Fsp3) is 0.875. The monoisotopic (exact) mass is 140 g/mol. The largest absolute Gasteiger partial charge is 0.366 e. The number of rotatable bonds is 0. The van der Waals surface area contributed by atoms with Crippen LogP contribution in [0.4, 0.5) is 0 Å². The molecule has 0 radical (unpaired) electrons. The Hall–Kier alpha value is -0.530. The zero-order chi connectivity index (χ0) is 7.40. The minimum absolute atomic E-state index is 1.04. The summed E-state index contributed by atoms with van der Waals surface area (Å²) in [5.41, 5.74) is 0. The minimum Gasteiger partial charge on any atom is -0.366 e. The molecule has 0 aliphatic carbocycles. The van der Waals surface area contributed by atoms with Gasteiger partial charge in [-0.05, 0) is 12.8 Å². The molecule has 10 heavy (non-hydrogen) atoms. The van der Waals surface area contributed by atoms with Crippen LogP contribution in [0, 0.1) is 0 Å². The summed E-state index contributed by atoms with van der Waals surface area (Å²) in [6.45, 7) is 1.04. The topological polar surface area (TPSA) is 15.6 Å². The lowest BCUT2D eigenvalue weighted by molar-refractivity contribution is 0.598. The molecule has 2 nitrogen and oxygen atoms in total. The van der Waals surface area contributed by atoms with E-state index in [1.54, 1.807) is 0 Å². The van der Waals surface area contributed by atoms with Crippen molar-refractivity contribution in [1.29, 1.82) is 0 Å². The van der Waals surface area contributed by atoms with Crippen molar-refractivity contribution in [1.82, 2.24) is 4.90 Å². The van der Waals surface area contributed by atoms with Crippen LogP contribution < -0.4 is 0 Å². The van der Waals surface area contributed by atoms with Crippen LogP contribution in [-0.2, 0) is 0 Å². The van der Waals surface area contributed by atoms with Crippen molar-refractivity contribution < 1.29 is 0 Å². The van der Waals surface area contributed by atoms with Gasteiger partial charge >= 0.3 is 0 Å². The molecule has 1 rings (SSSR count). The second-order valence-corrected chi connectivity index (χ2v) is 3.00. The molecule has 58 valence electrons. The molecule has 0 aromatic rings. The smallest absolute Gasteiger partial charge is 0.0983 e. The van der Waals surface area contributed by atoms with E-state index >= 15 is 0 Å². The van der Waals surface area contributed by atoms with Crippen LogP contribution in [0.3, 0.4) is 0 Å². The summed E-state index contributed by atoms with van der Waals surface area (Å²) < 4.78 is 0. The Morgan fingerprint density at radius 2 is 2.00 bits per heavy atom. The fourth-order valence-corrected chi connectivity index (χ4v) is 1.22. The lowest BCUT2D eigenvalue weighted by Crippen LogP contribution is -2.21. The van der Waals surface area contributed by atoms with Gasteiger partial charge < -0.3 is 4.90 Å². The molecule has 1 aliphatic rings. The highest BCUT2D eigenvalue weighted by atomic mass is 15.1. The molecule has 0 aromatic heterocycles. The van der Waals surface area contributed by atoms with Crippen molar-refractivity contribution in [2.24, 2.45) is 4.99 Å². The maximum absolute atomic E-state index is 4.47. The second-order valence-electron chi connectivity index (χ2n) is 3.00. The summed E-state index contributed by atoms with van der Waals surface area (Å²) in [5.74, 6) is 1.28. The summed E-state index contributed by atoms with van der Waals surface area (Å²) in [5, 5.41) is 0. The van der Waals surface area contributed by atoms with Gasteiger partial charge in [0.15, 0.2) is 0 Å².